The van der Waals surface area contributed by atoms with Crippen molar-refractivity contribution in [1.29, 1.82) is 0 Å². The number of alkyl halides is 2. The molecule has 9 heteroatoms. The van der Waals surface area contributed by atoms with E-state index < -0.39 is 6.43 Å². The van der Waals surface area contributed by atoms with Crippen LogP contribution in [-0.2, 0) is 0 Å². The third-order valence-corrected chi connectivity index (χ3v) is 5.28. The van der Waals surface area contributed by atoms with Crippen LogP contribution < -0.4 is 10.6 Å². The van der Waals surface area contributed by atoms with Gasteiger partial charge in [-0.25, -0.2) is 18.3 Å². The molecule has 0 saturated heterocycles. The quantitative estimate of drug-likeness (QED) is 0.522. The molecule has 0 aromatic carbocycles. The van der Waals surface area contributed by atoms with Crippen molar-refractivity contribution >= 4 is 22.9 Å². The zero-order valence-corrected chi connectivity index (χ0v) is 19.2. The van der Waals surface area contributed by atoms with Gasteiger partial charge in [-0.05, 0) is 58.9 Å². The topological polar surface area (TPSA) is 79.5 Å². The van der Waals surface area contributed by atoms with Crippen LogP contribution >= 0.6 is 0 Å². The second-order valence-corrected chi connectivity index (χ2v) is 8.10. The molecule has 4 rings (SSSR count). The summed E-state index contributed by atoms with van der Waals surface area (Å²) in [5.74, 6) is 0.663. The minimum Gasteiger partial charge on any atom is -0.350 e. The van der Waals surface area contributed by atoms with Gasteiger partial charge < -0.3 is 10.6 Å². The molecule has 0 radical (unpaired) electrons. The molecule has 0 amide bonds. The molecule has 0 spiro atoms. The fourth-order valence-corrected chi connectivity index (χ4v) is 3.40. The summed E-state index contributed by atoms with van der Waals surface area (Å²) in [7, 11) is 2.00. The van der Waals surface area contributed by atoms with Crippen LogP contribution in [0.25, 0.3) is 16.8 Å². The van der Waals surface area contributed by atoms with E-state index in [2.05, 4.69) is 25.7 Å². The monoisotopic (exact) mass is 443 g/mol. The standard InChI is InChI=1S/C20H25N7.C3H6F2/c1-12(2)23-17-5-6-18(24-13(17)3)16-7-8-27-19(16)11-22-20(26-27)25-15-9-14(10-15)21-4;1-2-3(4)5/h5-8,11,14-15,21H,9-10H2,1-4H3,(H,25,26);3H,2H2,1H3. The molecule has 3 heterocycles. The highest BCUT2D eigenvalue weighted by atomic mass is 19.3. The van der Waals surface area contributed by atoms with Crippen molar-refractivity contribution in [3.05, 3.63) is 36.3 Å². The first kappa shape index (κ1) is 23.7. The van der Waals surface area contributed by atoms with E-state index >= 15 is 0 Å². The number of aliphatic imine (C=N–C) groups is 1. The van der Waals surface area contributed by atoms with Crippen LogP contribution in [0.5, 0.6) is 0 Å². The zero-order chi connectivity index (χ0) is 23.3. The zero-order valence-electron chi connectivity index (χ0n) is 19.2. The van der Waals surface area contributed by atoms with E-state index in [1.807, 2.05) is 62.9 Å². The van der Waals surface area contributed by atoms with Gasteiger partial charge in [-0.15, -0.1) is 5.10 Å². The Bertz CT molecular complexity index is 1070. The molecular weight excluding hydrogens is 412 g/mol. The van der Waals surface area contributed by atoms with Gasteiger partial charge in [0.2, 0.25) is 12.4 Å². The number of fused-ring (bicyclic) bond motifs is 1. The fourth-order valence-electron chi connectivity index (χ4n) is 3.40. The van der Waals surface area contributed by atoms with Crippen LogP contribution in [0.4, 0.5) is 20.4 Å². The van der Waals surface area contributed by atoms with Crippen LogP contribution in [0.3, 0.4) is 0 Å². The molecular formula is C23H31F2N7. The van der Waals surface area contributed by atoms with Gasteiger partial charge in [0.05, 0.1) is 28.8 Å². The van der Waals surface area contributed by atoms with Crippen LogP contribution in [0, 0.1) is 6.92 Å². The van der Waals surface area contributed by atoms with Crippen molar-refractivity contribution in [3.8, 4) is 11.3 Å². The molecule has 1 aliphatic carbocycles. The largest absolute Gasteiger partial charge is 0.350 e. The molecule has 0 aliphatic heterocycles. The normalized spacial score (nSPS) is 17.5. The van der Waals surface area contributed by atoms with Gasteiger partial charge in [-0.1, -0.05) is 6.92 Å². The first-order valence-electron chi connectivity index (χ1n) is 10.9. The molecule has 0 atom stereocenters. The third-order valence-electron chi connectivity index (χ3n) is 5.28. The summed E-state index contributed by atoms with van der Waals surface area (Å²) in [6, 6.07) is 7.09. The Morgan fingerprint density at radius 3 is 2.53 bits per heavy atom. The Kier molecular flexibility index (Phi) is 7.84. The number of hydrogen-bond donors (Lipinski definition) is 2. The average molecular weight is 444 g/mol. The lowest BCUT2D eigenvalue weighted by Crippen LogP contribution is -2.46. The van der Waals surface area contributed by atoms with E-state index in [0.29, 0.717) is 18.0 Å². The Morgan fingerprint density at radius 2 is 1.94 bits per heavy atom. The highest BCUT2D eigenvalue weighted by Crippen LogP contribution is 2.28. The molecule has 1 fully saturated rings. The Balaban J connectivity index is 0.000000523. The number of aryl methyl sites for hydroxylation is 1. The number of halogens is 2. The summed E-state index contributed by atoms with van der Waals surface area (Å²) in [6.45, 7) is 7.41. The second kappa shape index (κ2) is 10.6. The molecule has 32 heavy (non-hydrogen) atoms. The summed E-state index contributed by atoms with van der Waals surface area (Å²) in [5.41, 5.74) is 5.71. The maximum atomic E-state index is 10.8. The highest BCUT2D eigenvalue weighted by Gasteiger charge is 2.28. The minimum absolute atomic E-state index is 0.0278. The first-order chi connectivity index (χ1) is 15.3. The van der Waals surface area contributed by atoms with E-state index in [1.54, 1.807) is 0 Å². The lowest BCUT2D eigenvalue weighted by Gasteiger charge is -2.35. The average Bonchev–Trinajstić information content (AvgIpc) is 3.15. The van der Waals surface area contributed by atoms with Crippen LogP contribution in [0.2, 0.25) is 0 Å². The SMILES string of the molecule is CCC(F)F.CNC1CC(Nc2ncc3c(-c4ccc(N=C(C)C)c(C)n4)ccn3n2)C1. The molecule has 3 aromatic rings. The van der Waals surface area contributed by atoms with Gasteiger partial charge >= 0.3 is 0 Å². The number of hydrogen-bond acceptors (Lipinski definition) is 6. The van der Waals surface area contributed by atoms with Gasteiger partial charge in [0, 0.05) is 36.0 Å². The van der Waals surface area contributed by atoms with E-state index in [-0.39, 0.29) is 6.42 Å². The molecule has 0 unspecified atom stereocenters. The minimum atomic E-state index is -2.12. The number of anilines is 1. The fraction of sp³-hybridized carbons (Fsp3) is 0.478. The molecule has 3 aromatic heterocycles. The van der Waals surface area contributed by atoms with Crippen molar-refractivity contribution < 1.29 is 8.78 Å². The summed E-state index contributed by atoms with van der Waals surface area (Å²) >= 11 is 0. The van der Waals surface area contributed by atoms with E-state index in [0.717, 1.165) is 46.7 Å². The van der Waals surface area contributed by atoms with Crippen LogP contribution in [0.1, 0.15) is 45.7 Å². The molecule has 1 saturated carbocycles. The molecule has 7 nitrogen and oxygen atoms in total. The summed E-state index contributed by atoms with van der Waals surface area (Å²) < 4.78 is 23.4. The van der Waals surface area contributed by atoms with Gasteiger partial charge in [0.25, 0.3) is 0 Å². The second-order valence-electron chi connectivity index (χ2n) is 8.10. The lowest BCUT2D eigenvalue weighted by molar-refractivity contribution is 0.144. The summed E-state index contributed by atoms with van der Waals surface area (Å²) in [5, 5.41) is 11.3. The van der Waals surface area contributed by atoms with E-state index in [1.165, 1.54) is 6.92 Å². The van der Waals surface area contributed by atoms with E-state index in [4.69, 9.17) is 4.98 Å². The lowest BCUT2D eigenvalue weighted by atomic mass is 9.87. The predicted octanol–water partition coefficient (Wildman–Crippen LogP) is 5.04. The van der Waals surface area contributed by atoms with Gasteiger partial charge in [0.15, 0.2) is 0 Å². The van der Waals surface area contributed by atoms with Crippen molar-refractivity contribution in [1.82, 2.24) is 24.9 Å². The maximum absolute atomic E-state index is 10.8. The smallest absolute Gasteiger partial charge is 0.241 e. The molecule has 2 N–H and O–H groups in total. The summed E-state index contributed by atoms with van der Waals surface area (Å²) in [6.07, 6.45) is 3.87. The number of aromatic nitrogens is 4. The number of nitrogens with one attached hydrogen (secondary N) is 2. The number of nitrogens with zero attached hydrogens (tertiary/aromatic N) is 5. The molecule has 1 aliphatic rings. The van der Waals surface area contributed by atoms with Crippen molar-refractivity contribution in [3.63, 3.8) is 0 Å². The summed E-state index contributed by atoms with van der Waals surface area (Å²) in [4.78, 5) is 13.8. The predicted molar refractivity (Wildman–Crippen MR) is 125 cm³/mol. The maximum Gasteiger partial charge on any atom is 0.241 e. The molecule has 0 bridgehead atoms. The first-order valence-corrected chi connectivity index (χ1v) is 10.9. The van der Waals surface area contributed by atoms with Crippen LogP contribution in [-0.4, -0.2) is 50.9 Å². The number of rotatable bonds is 6. The Labute approximate surface area is 187 Å². The highest BCUT2D eigenvalue weighted by molar-refractivity contribution is 5.83. The molecule has 172 valence electrons. The van der Waals surface area contributed by atoms with Gasteiger partial charge in [-0.3, -0.25) is 9.98 Å². The van der Waals surface area contributed by atoms with Gasteiger partial charge in [-0.2, -0.15) is 0 Å². The van der Waals surface area contributed by atoms with E-state index in [9.17, 15) is 8.78 Å². The van der Waals surface area contributed by atoms with Crippen molar-refractivity contribution in [2.45, 2.75) is 65.5 Å². The van der Waals surface area contributed by atoms with Crippen molar-refractivity contribution in [2.24, 2.45) is 4.99 Å². The third kappa shape index (κ3) is 5.85. The number of pyridine rings is 1. The Hall–Kier alpha value is -2.94. The van der Waals surface area contributed by atoms with Crippen molar-refractivity contribution in [2.75, 3.05) is 12.4 Å². The Morgan fingerprint density at radius 1 is 1.22 bits per heavy atom. The van der Waals surface area contributed by atoms with Gasteiger partial charge in [0.1, 0.15) is 0 Å². The van der Waals surface area contributed by atoms with Crippen LogP contribution in [0.15, 0.2) is 35.6 Å².